The minimum absolute atomic E-state index is 0.265. The molecule has 2 aromatic carbocycles. The molecule has 0 aromatic heterocycles. The van der Waals surface area contributed by atoms with E-state index in [0.29, 0.717) is 6.42 Å². The number of unbranched alkanes of at least 4 members (excludes halogenated alkanes) is 12. The topological polar surface area (TPSA) is 17.1 Å². The third-order valence-corrected chi connectivity index (χ3v) is 6.93. The number of hydrogen-bond donors (Lipinski definition) is 0. The molecule has 2 heteroatoms. The Kier molecular flexibility index (Phi) is 12.7. The first-order valence-corrected chi connectivity index (χ1v) is 13.3. The van der Waals surface area contributed by atoms with Crippen LogP contribution in [0.3, 0.4) is 0 Å². The maximum absolute atomic E-state index is 13.0. The van der Waals surface area contributed by atoms with Gasteiger partial charge in [0.25, 0.3) is 0 Å². The Hall–Kier alpha value is -1.60. The fourth-order valence-electron chi connectivity index (χ4n) is 4.47. The summed E-state index contributed by atoms with van der Waals surface area (Å²) in [5.74, 6) is 0.265. The van der Waals surface area contributed by atoms with Gasteiger partial charge in [-0.05, 0) is 54.7 Å². The Morgan fingerprint density at radius 1 is 0.688 bits per heavy atom. The van der Waals surface area contributed by atoms with E-state index in [4.69, 9.17) is 11.6 Å². The molecule has 0 aliphatic rings. The third kappa shape index (κ3) is 9.10. The van der Waals surface area contributed by atoms with Crippen LogP contribution >= 0.6 is 11.6 Å². The molecule has 0 spiro atoms. The Labute approximate surface area is 202 Å². The van der Waals surface area contributed by atoms with E-state index in [1.54, 1.807) is 0 Å². The molecule has 0 atom stereocenters. The lowest BCUT2D eigenvalue weighted by Crippen LogP contribution is -2.04. The molecule has 1 nitrogen and oxygen atoms in total. The van der Waals surface area contributed by atoms with Gasteiger partial charge >= 0.3 is 0 Å². The lowest BCUT2D eigenvalue weighted by molar-refractivity contribution is 0.0979. The van der Waals surface area contributed by atoms with Gasteiger partial charge in [-0.2, -0.15) is 0 Å². The molecule has 176 valence electrons. The summed E-state index contributed by atoms with van der Waals surface area (Å²) in [7, 11) is 0. The standard InChI is InChI=1S/C30H43ClO/c1-4-5-6-7-8-9-10-11-12-13-14-15-16-17-29(32)28-23-18-24(2)25(3)30(28)26-19-21-27(31)22-20-26/h18-23H,4-17H2,1-3H3. The molecule has 0 bridgehead atoms. The first-order chi connectivity index (χ1) is 15.5. The number of benzene rings is 2. The van der Waals surface area contributed by atoms with Crippen molar-refractivity contribution in [2.24, 2.45) is 0 Å². The number of Topliss-reactive ketones (excluding diaryl/α,β-unsaturated/α-hetero) is 1. The highest BCUT2D eigenvalue weighted by Gasteiger charge is 2.16. The number of rotatable bonds is 16. The second-order valence-corrected chi connectivity index (χ2v) is 9.79. The molecule has 0 saturated heterocycles. The van der Waals surface area contributed by atoms with Crippen LogP contribution in [0, 0.1) is 13.8 Å². The van der Waals surface area contributed by atoms with Crippen LogP contribution in [0.2, 0.25) is 5.02 Å². The summed E-state index contributed by atoms with van der Waals surface area (Å²) in [6.45, 7) is 6.49. The summed E-state index contributed by atoms with van der Waals surface area (Å²) in [6.07, 6.45) is 17.8. The molecule has 32 heavy (non-hydrogen) atoms. The molecule has 0 fully saturated rings. The Morgan fingerprint density at radius 2 is 1.19 bits per heavy atom. The van der Waals surface area contributed by atoms with E-state index in [9.17, 15) is 4.79 Å². The smallest absolute Gasteiger partial charge is 0.163 e. The minimum atomic E-state index is 0.265. The number of aryl methyl sites for hydroxylation is 1. The van der Waals surface area contributed by atoms with Gasteiger partial charge in [0.05, 0.1) is 0 Å². The molecule has 0 N–H and O–H groups in total. The highest BCUT2D eigenvalue weighted by Crippen LogP contribution is 2.31. The Morgan fingerprint density at radius 3 is 1.72 bits per heavy atom. The van der Waals surface area contributed by atoms with Crippen molar-refractivity contribution in [3.05, 3.63) is 58.1 Å². The van der Waals surface area contributed by atoms with Crippen molar-refractivity contribution in [1.29, 1.82) is 0 Å². The fourth-order valence-corrected chi connectivity index (χ4v) is 4.60. The van der Waals surface area contributed by atoms with Gasteiger partial charge < -0.3 is 0 Å². The summed E-state index contributed by atoms with van der Waals surface area (Å²) in [6, 6.07) is 11.9. The SMILES string of the molecule is CCCCCCCCCCCCCCCC(=O)c1ccc(C)c(C)c1-c1ccc(Cl)cc1. The maximum Gasteiger partial charge on any atom is 0.163 e. The lowest BCUT2D eigenvalue weighted by atomic mass is 9.89. The maximum atomic E-state index is 13.0. The van der Waals surface area contributed by atoms with Gasteiger partial charge in [-0.25, -0.2) is 0 Å². The van der Waals surface area contributed by atoms with Crippen LogP contribution in [0.4, 0.5) is 0 Å². The predicted molar refractivity (Wildman–Crippen MR) is 141 cm³/mol. The molecular weight excluding hydrogens is 412 g/mol. The summed E-state index contributed by atoms with van der Waals surface area (Å²) in [4.78, 5) is 13.0. The van der Waals surface area contributed by atoms with Crippen molar-refractivity contribution in [2.75, 3.05) is 0 Å². The van der Waals surface area contributed by atoms with Gasteiger partial charge in [-0.15, -0.1) is 0 Å². The Balaban J connectivity index is 1.71. The van der Waals surface area contributed by atoms with Crippen LogP contribution in [0.25, 0.3) is 11.1 Å². The van der Waals surface area contributed by atoms with E-state index in [1.807, 2.05) is 30.3 Å². The molecule has 0 amide bonds. The lowest BCUT2D eigenvalue weighted by Gasteiger charge is -2.15. The van der Waals surface area contributed by atoms with Gasteiger partial charge in [-0.1, -0.05) is 120 Å². The second-order valence-electron chi connectivity index (χ2n) is 9.35. The van der Waals surface area contributed by atoms with Gasteiger partial charge in [-0.3, -0.25) is 4.79 Å². The van der Waals surface area contributed by atoms with Crippen LogP contribution < -0.4 is 0 Å². The van der Waals surface area contributed by atoms with Crippen molar-refractivity contribution in [3.63, 3.8) is 0 Å². The Bertz CT molecular complexity index is 806. The third-order valence-electron chi connectivity index (χ3n) is 6.68. The zero-order valence-electron chi connectivity index (χ0n) is 20.6. The summed E-state index contributed by atoms with van der Waals surface area (Å²) < 4.78 is 0. The summed E-state index contributed by atoms with van der Waals surface area (Å²) in [5.41, 5.74) is 5.40. The van der Waals surface area contributed by atoms with E-state index in [2.05, 4.69) is 26.8 Å². The quantitative estimate of drug-likeness (QED) is 0.182. The van der Waals surface area contributed by atoms with E-state index >= 15 is 0 Å². The van der Waals surface area contributed by atoms with Crippen molar-refractivity contribution in [2.45, 2.75) is 111 Å². The fraction of sp³-hybridized carbons (Fsp3) is 0.567. The van der Waals surface area contributed by atoms with E-state index in [-0.39, 0.29) is 5.78 Å². The zero-order chi connectivity index (χ0) is 23.2. The van der Waals surface area contributed by atoms with Crippen LogP contribution in [-0.2, 0) is 0 Å². The largest absolute Gasteiger partial charge is 0.294 e. The molecule has 2 aromatic rings. The average Bonchev–Trinajstić information content (AvgIpc) is 2.79. The van der Waals surface area contributed by atoms with Gasteiger partial charge in [0.1, 0.15) is 0 Å². The first kappa shape index (κ1) is 26.7. The van der Waals surface area contributed by atoms with Crippen molar-refractivity contribution < 1.29 is 4.79 Å². The molecule has 0 unspecified atom stereocenters. The molecular formula is C30H43ClO. The zero-order valence-corrected chi connectivity index (χ0v) is 21.4. The highest BCUT2D eigenvalue weighted by molar-refractivity contribution is 6.30. The summed E-state index contributed by atoms with van der Waals surface area (Å²) >= 11 is 6.07. The number of carbonyl (C=O) groups excluding carboxylic acids is 1. The molecule has 0 aliphatic heterocycles. The summed E-state index contributed by atoms with van der Waals surface area (Å²) in [5, 5.41) is 0.721. The predicted octanol–water partition coefficient (Wildman–Crippen LogP) is 10.3. The van der Waals surface area contributed by atoms with Gasteiger partial charge in [0, 0.05) is 17.0 Å². The normalized spacial score (nSPS) is 11.1. The van der Waals surface area contributed by atoms with Crippen LogP contribution in [0.15, 0.2) is 36.4 Å². The van der Waals surface area contributed by atoms with Gasteiger partial charge in [0.15, 0.2) is 5.78 Å². The monoisotopic (exact) mass is 454 g/mol. The molecule has 2 rings (SSSR count). The number of halogens is 1. The number of ketones is 1. The average molecular weight is 455 g/mol. The highest BCUT2D eigenvalue weighted by atomic mass is 35.5. The second kappa shape index (κ2) is 15.3. The minimum Gasteiger partial charge on any atom is -0.294 e. The molecule has 0 aliphatic carbocycles. The molecule has 0 radical (unpaired) electrons. The van der Waals surface area contributed by atoms with E-state index in [1.165, 1.54) is 81.8 Å². The molecule has 0 heterocycles. The van der Waals surface area contributed by atoms with E-state index < -0.39 is 0 Å². The van der Waals surface area contributed by atoms with E-state index in [0.717, 1.165) is 34.6 Å². The number of hydrogen-bond acceptors (Lipinski definition) is 1. The first-order valence-electron chi connectivity index (χ1n) is 12.9. The van der Waals surface area contributed by atoms with Crippen molar-refractivity contribution in [3.8, 4) is 11.1 Å². The van der Waals surface area contributed by atoms with Crippen LogP contribution in [0.1, 0.15) is 118 Å². The number of carbonyl (C=O) groups is 1. The van der Waals surface area contributed by atoms with Gasteiger partial charge in [0.2, 0.25) is 0 Å². The van der Waals surface area contributed by atoms with Crippen LogP contribution in [0.5, 0.6) is 0 Å². The van der Waals surface area contributed by atoms with Crippen LogP contribution in [-0.4, -0.2) is 5.78 Å². The van der Waals surface area contributed by atoms with Crippen molar-refractivity contribution in [1.82, 2.24) is 0 Å². The molecule has 0 saturated carbocycles. The van der Waals surface area contributed by atoms with Crippen molar-refractivity contribution >= 4 is 17.4 Å².